The van der Waals surface area contributed by atoms with Crippen molar-refractivity contribution in [3.63, 3.8) is 0 Å². The van der Waals surface area contributed by atoms with E-state index in [0.29, 0.717) is 35.4 Å². The van der Waals surface area contributed by atoms with Gasteiger partial charge in [-0.25, -0.2) is 4.68 Å². The first-order chi connectivity index (χ1) is 13.2. The predicted molar refractivity (Wildman–Crippen MR) is 100 cm³/mol. The maximum Gasteiger partial charge on any atom is 0.274 e. The van der Waals surface area contributed by atoms with E-state index in [-0.39, 0.29) is 24.3 Å². The first-order valence-electron chi connectivity index (χ1n) is 8.81. The highest BCUT2D eigenvalue weighted by molar-refractivity contribution is 5.95. The Hall–Kier alpha value is -3.35. The van der Waals surface area contributed by atoms with Gasteiger partial charge in [0.2, 0.25) is 6.79 Å². The van der Waals surface area contributed by atoms with Crippen molar-refractivity contribution in [2.45, 2.75) is 25.9 Å². The summed E-state index contributed by atoms with van der Waals surface area (Å²) in [6.45, 7) is 2.42. The minimum atomic E-state index is -0.228. The number of ether oxygens (including phenoxy) is 2. The third-order valence-corrected chi connectivity index (χ3v) is 4.62. The number of rotatable bonds is 5. The van der Waals surface area contributed by atoms with E-state index in [2.05, 4.69) is 10.4 Å². The first-order valence-corrected chi connectivity index (χ1v) is 8.81. The Morgan fingerprint density at radius 1 is 1.22 bits per heavy atom. The first kappa shape index (κ1) is 17.1. The number of nitrogens with one attached hydrogen (secondary N) is 1. The second-order valence-electron chi connectivity index (χ2n) is 6.37. The molecule has 1 aromatic heterocycles. The Balaban J connectivity index is 1.52. The lowest BCUT2D eigenvalue weighted by atomic mass is 10.1. The molecule has 0 unspecified atom stereocenters. The third-order valence-electron chi connectivity index (χ3n) is 4.62. The van der Waals surface area contributed by atoms with Gasteiger partial charge in [0.1, 0.15) is 0 Å². The summed E-state index contributed by atoms with van der Waals surface area (Å²) in [6.07, 6.45) is 2.33. The number of aromatic nitrogens is 2. The van der Waals surface area contributed by atoms with Crippen LogP contribution in [0.15, 0.2) is 53.5 Å². The van der Waals surface area contributed by atoms with Crippen LogP contribution >= 0.6 is 0 Å². The van der Waals surface area contributed by atoms with Crippen LogP contribution in [-0.2, 0) is 6.54 Å². The SMILES string of the molecule is CC[C@@H](Cn1ncc2ccccc2c1=O)NC(=O)c1ccc2c(c1)OCO2. The van der Waals surface area contributed by atoms with Crippen molar-refractivity contribution in [2.75, 3.05) is 6.79 Å². The molecule has 0 radical (unpaired) electrons. The topological polar surface area (TPSA) is 82.5 Å². The van der Waals surface area contributed by atoms with Crippen LogP contribution in [0.1, 0.15) is 23.7 Å². The fourth-order valence-corrected chi connectivity index (χ4v) is 3.05. The standard InChI is InChI=1S/C20H19N3O4/c1-2-15(11-23-20(25)16-6-4-3-5-14(16)10-21-23)22-19(24)13-7-8-17-18(9-13)27-12-26-17/h3-10,15H,2,11-12H2,1H3,(H,22,24)/t15-/m0/s1. The van der Waals surface area contributed by atoms with Crippen molar-refractivity contribution in [3.05, 3.63) is 64.6 Å². The van der Waals surface area contributed by atoms with Crippen LogP contribution in [0.3, 0.4) is 0 Å². The molecule has 1 aliphatic rings. The average Bonchev–Trinajstić information content (AvgIpc) is 3.17. The van der Waals surface area contributed by atoms with Crippen molar-refractivity contribution < 1.29 is 14.3 Å². The molecular weight excluding hydrogens is 346 g/mol. The van der Waals surface area contributed by atoms with Gasteiger partial charge in [0.25, 0.3) is 11.5 Å². The summed E-state index contributed by atoms with van der Waals surface area (Å²) in [5.74, 6) is 0.961. The van der Waals surface area contributed by atoms with Gasteiger partial charge in [-0.3, -0.25) is 9.59 Å². The van der Waals surface area contributed by atoms with E-state index in [9.17, 15) is 9.59 Å². The lowest BCUT2D eigenvalue weighted by Crippen LogP contribution is -2.40. The highest BCUT2D eigenvalue weighted by atomic mass is 16.7. The highest BCUT2D eigenvalue weighted by Crippen LogP contribution is 2.32. The Kier molecular flexibility index (Phi) is 4.50. The molecule has 0 bridgehead atoms. The highest BCUT2D eigenvalue weighted by Gasteiger charge is 2.19. The summed E-state index contributed by atoms with van der Waals surface area (Å²) < 4.78 is 12.0. The van der Waals surface area contributed by atoms with Crippen molar-refractivity contribution in [1.29, 1.82) is 0 Å². The van der Waals surface area contributed by atoms with Gasteiger partial charge in [0, 0.05) is 17.0 Å². The fourth-order valence-electron chi connectivity index (χ4n) is 3.05. The Morgan fingerprint density at radius 2 is 2.04 bits per heavy atom. The van der Waals surface area contributed by atoms with Crippen LogP contribution in [0, 0.1) is 0 Å². The number of fused-ring (bicyclic) bond motifs is 2. The molecule has 138 valence electrons. The molecule has 7 heteroatoms. The number of nitrogens with zero attached hydrogens (tertiary/aromatic N) is 2. The summed E-state index contributed by atoms with van der Waals surface area (Å²) in [4.78, 5) is 25.2. The average molecular weight is 365 g/mol. The largest absolute Gasteiger partial charge is 0.454 e. The van der Waals surface area contributed by atoms with Crippen LogP contribution in [0.2, 0.25) is 0 Å². The summed E-state index contributed by atoms with van der Waals surface area (Å²) >= 11 is 0. The van der Waals surface area contributed by atoms with E-state index >= 15 is 0 Å². The maximum atomic E-state index is 12.6. The molecule has 0 saturated heterocycles. The zero-order valence-corrected chi connectivity index (χ0v) is 14.8. The molecule has 2 aromatic carbocycles. The second kappa shape index (κ2) is 7.11. The minimum absolute atomic E-state index is 0.161. The molecule has 2 heterocycles. The molecule has 4 rings (SSSR count). The van der Waals surface area contributed by atoms with Gasteiger partial charge in [0.05, 0.1) is 18.1 Å². The summed E-state index contributed by atoms with van der Waals surface area (Å²) in [6, 6.07) is 12.2. The predicted octanol–water partition coefficient (Wildman–Crippen LogP) is 2.33. The Bertz CT molecular complexity index is 1060. The van der Waals surface area contributed by atoms with E-state index < -0.39 is 0 Å². The van der Waals surface area contributed by atoms with Gasteiger partial charge in [-0.15, -0.1) is 0 Å². The number of carbonyl (C=O) groups excluding carboxylic acids is 1. The molecule has 0 saturated carbocycles. The summed E-state index contributed by atoms with van der Waals surface area (Å²) in [5, 5.41) is 8.62. The Labute approximate surface area is 155 Å². The van der Waals surface area contributed by atoms with Gasteiger partial charge >= 0.3 is 0 Å². The van der Waals surface area contributed by atoms with Crippen LogP contribution in [0.5, 0.6) is 11.5 Å². The van der Waals surface area contributed by atoms with E-state index in [1.807, 2.05) is 25.1 Å². The third kappa shape index (κ3) is 3.36. The minimum Gasteiger partial charge on any atom is -0.454 e. The number of carbonyl (C=O) groups is 1. The van der Waals surface area contributed by atoms with Crippen LogP contribution in [0.25, 0.3) is 10.8 Å². The van der Waals surface area contributed by atoms with Gasteiger partial charge in [-0.1, -0.05) is 25.1 Å². The smallest absolute Gasteiger partial charge is 0.274 e. The van der Waals surface area contributed by atoms with Crippen LogP contribution in [-0.4, -0.2) is 28.5 Å². The lowest BCUT2D eigenvalue weighted by Gasteiger charge is -2.18. The molecular formula is C20H19N3O4. The quantitative estimate of drug-likeness (QED) is 0.750. The van der Waals surface area contributed by atoms with E-state index in [4.69, 9.17) is 9.47 Å². The number of benzene rings is 2. The van der Waals surface area contributed by atoms with Crippen molar-refractivity contribution in [1.82, 2.24) is 15.1 Å². The van der Waals surface area contributed by atoms with Crippen LogP contribution in [0.4, 0.5) is 0 Å². The molecule has 1 atom stereocenters. The summed E-state index contributed by atoms with van der Waals surface area (Å²) in [7, 11) is 0. The lowest BCUT2D eigenvalue weighted by molar-refractivity contribution is 0.0930. The molecule has 7 nitrogen and oxygen atoms in total. The molecule has 3 aromatic rings. The molecule has 0 aliphatic carbocycles. The van der Waals surface area contributed by atoms with Crippen molar-refractivity contribution in [3.8, 4) is 11.5 Å². The molecule has 1 amide bonds. The van der Waals surface area contributed by atoms with Gasteiger partial charge in [-0.05, 0) is 30.7 Å². The molecule has 27 heavy (non-hydrogen) atoms. The van der Waals surface area contributed by atoms with E-state index in [0.717, 1.165) is 5.39 Å². The Morgan fingerprint density at radius 3 is 2.89 bits per heavy atom. The van der Waals surface area contributed by atoms with Crippen molar-refractivity contribution in [2.24, 2.45) is 0 Å². The maximum absolute atomic E-state index is 12.6. The molecule has 0 spiro atoms. The van der Waals surface area contributed by atoms with Crippen molar-refractivity contribution >= 4 is 16.7 Å². The number of amides is 1. The van der Waals surface area contributed by atoms with E-state index in [1.165, 1.54) is 4.68 Å². The zero-order chi connectivity index (χ0) is 18.8. The monoisotopic (exact) mass is 365 g/mol. The molecule has 1 aliphatic heterocycles. The number of hydrogen-bond acceptors (Lipinski definition) is 5. The second-order valence-corrected chi connectivity index (χ2v) is 6.37. The zero-order valence-electron chi connectivity index (χ0n) is 14.8. The van der Waals surface area contributed by atoms with Gasteiger partial charge in [0.15, 0.2) is 11.5 Å². The van der Waals surface area contributed by atoms with Crippen LogP contribution < -0.4 is 20.3 Å². The molecule has 1 N–H and O–H groups in total. The summed E-state index contributed by atoms with van der Waals surface area (Å²) in [5.41, 5.74) is 0.320. The van der Waals surface area contributed by atoms with E-state index in [1.54, 1.807) is 30.5 Å². The van der Waals surface area contributed by atoms with Gasteiger partial charge in [-0.2, -0.15) is 5.10 Å². The van der Waals surface area contributed by atoms with Gasteiger partial charge < -0.3 is 14.8 Å². The molecule has 0 fully saturated rings. The fraction of sp³-hybridized carbons (Fsp3) is 0.250. The normalized spacial score (nSPS) is 13.5. The number of hydrogen-bond donors (Lipinski definition) is 1.